The fourth-order valence-electron chi connectivity index (χ4n) is 2.65. The van der Waals surface area contributed by atoms with Crippen LogP contribution in [-0.2, 0) is 19.6 Å². The number of carbonyl (C=O) groups excluding carboxylic acids is 2. The number of rotatable bonds is 4. The minimum atomic E-state index is -4.07. The van der Waals surface area contributed by atoms with Gasteiger partial charge in [0.05, 0.1) is 5.02 Å². The summed E-state index contributed by atoms with van der Waals surface area (Å²) in [5, 5.41) is 0.0393. The first-order valence-corrected chi connectivity index (χ1v) is 9.25. The summed E-state index contributed by atoms with van der Waals surface area (Å²) in [4.78, 5) is 26.0. The molecule has 1 atom stereocenters. The van der Waals surface area contributed by atoms with Gasteiger partial charge in [-0.3, -0.25) is 9.59 Å². The van der Waals surface area contributed by atoms with Crippen molar-refractivity contribution in [2.24, 2.45) is 5.92 Å². The van der Waals surface area contributed by atoms with Crippen LogP contribution >= 0.6 is 11.6 Å². The second kappa shape index (κ2) is 5.49. The van der Waals surface area contributed by atoms with Crippen LogP contribution in [0.2, 0.25) is 5.02 Å². The lowest BCUT2D eigenvalue weighted by molar-refractivity contribution is -0.157. The Morgan fingerprint density at radius 2 is 1.96 bits per heavy atom. The number of benzene rings is 1. The lowest BCUT2D eigenvalue weighted by Crippen LogP contribution is -2.68. The van der Waals surface area contributed by atoms with Crippen molar-refractivity contribution in [2.75, 3.05) is 6.54 Å². The van der Waals surface area contributed by atoms with Gasteiger partial charge in [0.15, 0.2) is 0 Å². The van der Waals surface area contributed by atoms with E-state index in [0.29, 0.717) is 13.0 Å². The summed E-state index contributed by atoms with van der Waals surface area (Å²) < 4.78 is 26.8. The smallest absolute Gasteiger partial charge is 0.265 e. The van der Waals surface area contributed by atoms with E-state index in [1.807, 2.05) is 0 Å². The van der Waals surface area contributed by atoms with E-state index >= 15 is 0 Å². The van der Waals surface area contributed by atoms with Crippen LogP contribution in [0.5, 0.6) is 0 Å². The molecule has 3 rings (SSSR count). The van der Waals surface area contributed by atoms with Crippen LogP contribution in [0.1, 0.15) is 26.2 Å². The van der Waals surface area contributed by atoms with Gasteiger partial charge >= 0.3 is 0 Å². The number of hydrogen-bond donors (Lipinski definition) is 1. The number of carbonyl (C=O) groups is 2. The molecule has 1 aliphatic carbocycles. The van der Waals surface area contributed by atoms with Gasteiger partial charge < -0.3 is 4.90 Å². The van der Waals surface area contributed by atoms with E-state index in [2.05, 4.69) is 4.72 Å². The molecule has 1 saturated carbocycles. The van der Waals surface area contributed by atoms with Gasteiger partial charge in [0.2, 0.25) is 5.91 Å². The average Bonchev–Trinajstić information content (AvgIpc) is 3.29. The molecule has 0 aromatic heterocycles. The predicted octanol–water partition coefficient (Wildman–Crippen LogP) is 1.55. The number of nitrogens with one attached hydrogen (secondary N) is 1. The third-order valence-electron chi connectivity index (χ3n) is 4.45. The highest BCUT2D eigenvalue weighted by molar-refractivity contribution is 7.90. The van der Waals surface area contributed by atoms with Gasteiger partial charge in [-0.2, -0.15) is 0 Å². The molecule has 2 fully saturated rings. The normalized spacial score (nSPS) is 24.0. The Balaban J connectivity index is 1.78. The van der Waals surface area contributed by atoms with Gasteiger partial charge in [0.25, 0.3) is 15.9 Å². The Hall–Kier alpha value is -1.60. The summed E-state index contributed by atoms with van der Waals surface area (Å²) in [5.74, 6) is -0.774. The summed E-state index contributed by atoms with van der Waals surface area (Å²) in [5.41, 5.74) is -1.12. The fraction of sp³-hybridized carbons (Fsp3) is 0.467. The van der Waals surface area contributed by atoms with Crippen molar-refractivity contribution < 1.29 is 18.0 Å². The molecule has 0 radical (unpaired) electrons. The van der Waals surface area contributed by atoms with Crippen LogP contribution in [0.4, 0.5) is 0 Å². The summed E-state index contributed by atoms with van der Waals surface area (Å²) in [6, 6.07) is 5.90. The maximum absolute atomic E-state index is 12.5. The van der Waals surface area contributed by atoms with E-state index in [1.165, 1.54) is 23.1 Å². The van der Waals surface area contributed by atoms with Crippen LogP contribution in [0.3, 0.4) is 0 Å². The standard InChI is InChI=1S/C15H17ClN2O4S/c1-15(8-9-18(15)13(19)10-6-7-10)14(20)17-23(21,22)12-5-3-2-4-11(12)16/h2-5,10H,6-9H2,1H3,(H,17,20). The molecule has 1 heterocycles. The van der Waals surface area contributed by atoms with Crippen molar-refractivity contribution >= 4 is 33.4 Å². The minimum Gasteiger partial charge on any atom is -0.328 e. The number of likely N-dealkylation sites (tertiary alicyclic amines) is 1. The van der Waals surface area contributed by atoms with Crippen molar-refractivity contribution in [3.05, 3.63) is 29.3 Å². The Morgan fingerprint density at radius 1 is 1.30 bits per heavy atom. The van der Waals surface area contributed by atoms with Gasteiger partial charge in [-0.25, -0.2) is 13.1 Å². The molecule has 1 aromatic carbocycles. The van der Waals surface area contributed by atoms with E-state index < -0.39 is 21.5 Å². The number of sulfonamides is 1. The molecule has 1 unspecified atom stereocenters. The first-order valence-electron chi connectivity index (χ1n) is 7.39. The zero-order chi connectivity index (χ0) is 16.8. The zero-order valence-electron chi connectivity index (χ0n) is 12.6. The number of halogens is 1. The van der Waals surface area contributed by atoms with Gasteiger partial charge in [-0.1, -0.05) is 23.7 Å². The molecule has 2 amide bonds. The fourth-order valence-corrected chi connectivity index (χ4v) is 4.25. The molecule has 2 aliphatic rings. The third kappa shape index (κ3) is 2.83. The maximum atomic E-state index is 12.5. The summed E-state index contributed by atoms with van der Waals surface area (Å²) >= 11 is 5.89. The van der Waals surface area contributed by atoms with Crippen molar-refractivity contribution in [1.29, 1.82) is 0 Å². The van der Waals surface area contributed by atoms with Crippen molar-refractivity contribution in [3.8, 4) is 0 Å². The van der Waals surface area contributed by atoms with Gasteiger partial charge in [0.1, 0.15) is 10.4 Å². The van der Waals surface area contributed by atoms with Crippen LogP contribution in [-0.4, -0.2) is 37.2 Å². The molecule has 0 bridgehead atoms. The zero-order valence-corrected chi connectivity index (χ0v) is 14.2. The Morgan fingerprint density at radius 3 is 2.48 bits per heavy atom. The van der Waals surface area contributed by atoms with Crippen LogP contribution < -0.4 is 4.72 Å². The molecule has 8 heteroatoms. The Kier molecular flexibility index (Phi) is 3.88. The Labute approximate surface area is 139 Å². The summed E-state index contributed by atoms with van der Waals surface area (Å²) in [6.07, 6.45) is 2.12. The highest BCUT2D eigenvalue weighted by Crippen LogP contribution is 2.39. The van der Waals surface area contributed by atoms with Crippen LogP contribution in [0, 0.1) is 5.92 Å². The summed E-state index contributed by atoms with van der Waals surface area (Å²) in [6.45, 7) is 2.07. The molecule has 1 saturated heterocycles. The predicted molar refractivity (Wildman–Crippen MR) is 84.2 cm³/mol. The molecule has 0 spiro atoms. The molecule has 23 heavy (non-hydrogen) atoms. The molecular formula is C15H17ClN2O4S. The molecular weight excluding hydrogens is 340 g/mol. The molecule has 124 valence electrons. The molecule has 1 N–H and O–H groups in total. The second-order valence-electron chi connectivity index (χ2n) is 6.15. The van der Waals surface area contributed by atoms with Gasteiger partial charge in [-0.15, -0.1) is 0 Å². The lowest BCUT2D eigenvalue weighted by atomic mass is 9.85. The second-order valence-corrected chi connectivity index (χ2v) is 8.21. The topological polar surface area (TPSA) is 83.6 Å². The quantitative estimate of drug-likeness (QED) is 0.887. The highest BCUT2D eigenvalue weighted by Gasteiger charge is 2.53. The van der Waals surface area contributed by atoms with Crippen LogP contribution in [0.15, 0.2) is 29.2 Å². The van der Waals surface area contributed by atoms with Crippen LogP contribution in [0.25, 0.3) is 0 Å². The van der Waals surface area contributed by atoms with E-state index in [-0.39, 0.29) is 21.7 Å². The molecule has 1 aliphatic heterocycles. The average molecular weight is 357 g/mol. The molecule has 1 aromatic rings. The number of hydrogen-bond acceptors (Lipinski definition) is 4. The number of amides is 2. The first kappa shape index (κ1) is 16.3. The van der Waals surface area contributed by atoms with Crippen molar-refractivity contribution in [2.45, 2.75) is 36.6 Å². The van der Waals surface area contributed by atoms with E-state index in [1.54, 1.807) is 13.0 Å². The molecule has 6 nitrogen and oxygen atoms in total. The lowest BCUT2D eigenvalue weighted by Gasteiger charge is -2.49. The van der Waals surface area contributed by atoms with E-state index in [9.17, 15) is 18.0 Å². The largest absolute Gasteiger partial charge is 0.328 e. The highest BCUT2D eigenvalue weighted by atomic mass is 35.5. The van der Waals surface area contributed by atoms with Crippen molar-refractivity contribution in [1.82, 2.24) is 9.62 Å². The third-order valence-corrected chi connectivity index (χ3v) is 6.28. The summed E-state index contributed by atoms with van der Waals surface area (Å²) in [7, 11) is -4.07. The monoisotopic (exact) mass is 356 g/mol. The van der Waals surface area contributed by atoms with E-state index in [4.69, 9.17) is 11.6 Å². The SMILES string of the molecule is CC1(C(=O)NS(=O)(=O)c2ccccc2Cl)CCN1C(=O)C1CC1. The first-order chi connectivity index (χ1) is 10.8. The minimum absolute atomic E-state index is 0.0115. The van der Waals surface area contributed by atoms with Gasteiger partial charge in [0, 0.05) is 12.5 Å². The van der Waals surface area contributed by atoms with Gasteiger partial charge in [-0.05, 0) is 38.3 Å². The van der Waals surface area contributed by atoms with Crippen molar-refractivity contribution in [3.63, 3.8) is 0 Å². The Bertz CT molecular complexity index is 775. The number of nitrogens with zero attached hydrogens (tertiary/aromatic N) is 1. The maximum Gasteiger partial charge on any atom is 0.265 e. The van der Waals surface area contributed by atoms with E-state index in [0.717, 1.165) is 12.8 Å².